The molecule has 0 aliphatic carbocycles. The molecule has 2 aromatic heterocycles. The van der Waals surface area contributed by atoms with Crippen LogP contribution in [0.25, 0.3) is 10.1 Å². The summed E-state index contributed by atoms with van der Waals surface area (Å²) >= 11 is 1.78. The predicted octanol–water partition coefficient (Wildman–Crippen LogP) is 3.54. The highest BCUT2D eigenvalue weighted by atomic mass is 32.1. The van der Waals surface area contributed by atoms with E-state index >= 15 is 0 Å². The van der Waals surface area contributed by atoms with Crippen molar-refractivity contribution in [2.75, 3.05) is 0 Å². The zero-order chi connectivity index (χ0) is 12.4. The van der Waals surface area contributed by atoms with Crippen molar-refractivity contribution in [3.8, 4) is 0 Å². The third-order valence-electron chi connectivity index (χ3n) is 3.14. The molecular weight excluding hydrogens is 240 g/mol. The molecule has 0 amide bonds. The SMILES string of the molecule is NC(Cc1csc2ccccc12)c1ccncc1. The Bertz CT molecular complexity index is 646. The van der Waals surface area contributed by atoms with Crippen molar-refractivity contribution in [3.05, 3.63) is 65.3 Å². The van der Waals surface area contributed by atoms with E-state index in [1.165, 1.54) is 15.6 Å². The van der Waals surface area contributed by atoms with Gasteiger partial charge < -0.3 is 5.73 Å². The van der Waals surface area contributed by atoms with Gasteiger partial charge in [-0.15, -0.1) is 11.3 Å². The Morgan fingerprint density at radius 2 is 1.89 bits per heavy atom. The highest BCUT2D eigenvalue weighted by Crippen LogP contribution is 2.28. The summed E-state index contributed by atoms with van der Waals surface area (Å²) in [6.07, 6.45) is 4.45. The molecule has 1 aromatic carbocycles. The molecule has 3 rings (SSSR count). The van der Waals surface area contributed by atoms with Crippen LogP contribution in [0.5, 0.6) is 0 Å². The number of thiophene rings is 1. The fraction of sp³-hybridized carbons (Fsp3) is 0.133. The number of aromatic nitrogens is 1. The van der Waals surface area contributed by atoms with E-state index in [0.29, 0.717) is 0 Å². The maximum absolute atomic E-state index is 6.25. The molecule has 0 saturated heterocycles. The van der Waals surface area contributed by atoms with Gasteiger partial charge in [-0.3, -0.25) is 4.98 Å². The van der Waals surface area contributed by atoms with Crippen LogP contribution < -0.4 is 5.73 Å². The second-order valence-corrected chi connectivity index (χ2v) is 5.26. The minimum atomic E-state index is 0.0333. The Hall–Kier alpha value is -1.71. The number of benzene rings is 1. The van der Waals surface area contributed by atoms with Crippen LogP contribution in [0.4, 0.5) is 0 Å². The van der Waals surface area contributed by atoms with E-state index in [2.05, 4.69) is 34.6 Å². The molecule has 0 fully saturated rings. The molecule has 90 valence electrons. The summed E-state index contributed by atoms with van der Waals surface area (Å²) < 4.78 is 1.33. The molecule has 0 aliphatic rings. The smallest absolute Gasteiger partial charge is 0.0345 e. The molecule has 3 heteroatoms. The van der Waals surface area contributed by atoms with Gasteiger partial charge in [0.05, 0.1) is 0 Å². The minimum Gasteiger partial charge on any atom is -0.324 e. The highest BCUT2D eigenvalue weighted by molar-refractivity contribution is 7.17. The molecule has 0 aliphatic heterocycles. The van der Waals surface area contributed by atoms with E-state index in [-0.39, 0.29) is 6.04 Å². The average Bonchev–Trinajstić information content (AvgIpc) is 2.83. The fourth-order valence-corrected chi connectivity index (χ4v) is 3.13. The van der Waals surface area contributed by atoms with E-state index in [1.807, 2.05) is 12.1 Å². The van der Waals surface area contributed by atoms with Crippen molar-refractivity contribution in [2.24, 2.45) is 5.73 Å². The highest BCUT2D eigenvalue weighted by Gasteiger charge is 2.10. The van der Waals surface area contributed by atoms with Crippen LogP contribution in [0, 0.1) is 0 Å². The summed E-state index contributed by atoms with van der Waals surface area (Å²) in [4.78, 5) is 4.02. The van der Waals surface area contributed by atoms with Gasteiger partial charge >= 0.3 is 0 Å². The Labute approximate surface area is 110 Å². The van der Waals surface area contributed by atoms with Crippen molar-refractivity contribution >= 4 is 21.4 Å². The Balaban J connectivity index is 1.89. The topological polar surface area (TPSA) is 38.9 Å². The third-order valence-corrected chi connectivity index (χ3v) is 4.15. The number of nitrogens with two attached hydrogens (primary N) is 1. The van der Waals surface area contributed by atoms with E-state index in [4.69, 9.17) is 5.73 Å². The van der Waals surface area contributed by atoms with Crippen LogP contribution in [0.2, 0.25) is 0 Å². The van der Waals surface area contributed by atoms with E-state index < -0.39 is 0 Å². The van der Waals surface area contributed by atoms with Crippen LogP contribution in [-0.4, -0.2) is 4.98 Å². The van der Waals surface area contributed by atoms with Crippen molar-refractivity contribution in [1.29, 1.82) is 0 Å². The Kier molecular flexibility index (Phi) is 3.09. The van der Waals surface area contributed by atoms with Crippen molar-refractivity contribution < 1.29 is 0 Å². The van der Waals surface area contributed by atoms with Crippen LogP contribution in [-0.2, 0) is 6.42 Å². The van der Waals surface area contributed by atoms with Gasteiger partial charge in [0.1, 0.15) is 0 Å². The first kappa shape index (κ1) is 11.4. The Morgan fingerprint density at radius 1 is 1.11 bits per heavy atom. The van der Waals surface area contributed by atoms with E-state index in [9.17, 15) is 0 Å². The largest absolute Gasteiger partial charge is 0.324 e. The maximum Gasteiger partial charge on any atom is 0.0345 e. The molecule has 3 aromatic rings. The average molecular weight is 254 g/mol. The van der Waals surface area contributed by atoms with Crippen LogP contribution >= 0.6 is 11.3 Å². The molecule has 2 nitrogen and oxygen atoms in total. The zero-order valence-electron chi connectivity index (χ0n) is 9.91. The number of fused-ring (bicyclic) bond motifs is 1. The number of nitrogens with zero attached hydrogens (tertiary/aromatic N) is 1. The van der Waals surface area contributed by atoms with Gasteiger partial charge in [0.2, 0.25) is 0 Å². The molecular formula is C15H14N2S. The molecule has 1 atom stereocenters. The predicted molar refractivity (Wildman–Crippen MR) is 76.7 cm³/mol. The minimum absolute atomic E-state index is 0.0333. The summed E-state index contributed by atoms with van der Waals surface area (Å²) in [5.74, 6) is 0. The molecule has 2 heterocycles. The Morgan fingerprint density at radius 3 is 2.72 bits per heavy atom. The monoisotopic (exact) mass is 254 g/mol. The van der Waals surface area contributed by atoms with Gasteiger partial charge in [-0.25, -0.2) is 0 Å². The second-order valence-electron chi connectivity index (χ2n) is 4.35. The molecule has 18 heavy (non-hydrogen) atoms. The first-order chi connectivity index (χ1) is 8.84. The molecule has 0 saturated carbocycles. The van der Waals surface area contributed by atoms with Gasteiger partial charge in [0.15, 0.2) is 0 Å². The molecule has 1 unspecified atom stereocenters. The molecule has 0 bridgehead atoms. The lowest BCUT2D eigenvalue weighted by molar-refractivity contribution is 0.725. The van der Waals surface area contributed by atoms with Gasteiger partial charge in [0.25, 0.3) is 0 Å². The first-order valence-electron chi connectivity index (χ1n) is 5.95. The quantitative estimate of drug-likeness (QED) is 0.776. The fourth-order valence-electron chi connectivity index (χ4n) is 2.16. The lowest BCUT2D eigenvalue weighted by Gasteiger charge is -2.11. The summed E-state index contributed by atoms with van der Waals surface area (Å²) in [6, 6.07) is 12.5. The molecule has 0 spiro atoms. The lowest BCUT2D eigenvalue weighted by Crippen LogP contribution is -2.13. The summed E-state index contributed by atoms with van der Waals surface area (Å²) in [7, 11) is 0. The van der Waals surface area contributed by atoms with Crippen LogP contribution in [0.15, 0.2) is 54.2 Å². The lowest BCUT2D eigenvalue weighted by atomic mass is 10.0. The standard InChI is InChI=1S/C15H14N2S/c16-14(11-5-7-17-8-6-11)9-12-10-18-15-4-2-1-3-13(12)15/h1-8,10,14H,9,16H2. The third kappa shape index (κ3) is 2.15. The number of pyridine rings is 1. The van der Waals surface area contributed by atoms with E-state index in [1.54, 1.807) is 23.7 Å². The summed E-state index contributed by atoms with van der Waals surface area (Å²) in [5.41, 5.74) is 8.73. The first-order valence-corrected chi connectivity index (χ1v) is 6.83. The second kappa shape index (κ2) is 4.88. The summed E-state index contributed by atoms with van der Waals surface area (Å²) in [5, 5.41) is 3.54. The number of rotatable bonds is 3. The van der Waals surface area contributed by atoms with Gasteiger partial charge in [-0.1, -0.05) is 18.2 Å². The van der Waals surface area contributed by atoms with Crippen LogP contribution in [0.3, 0.4) is 0 Å². The number of hydrogen-bond donors (Lipinski definition) is 1. The van der Waals surface area contributed by atoms with Gasteiger partial charge in [0, 0.05) is 23.1 Å². The zero-order valence-corrected chi connectivity index (χ0v) is 10.7. The van der Waals surface area contributed by atoms with Crippen molar-refractivity contribution in [1.82, 2.24) is 4.98 Å². The molecule has 0 radical (unpaired) electrons. The maximum atomic E-state index is 6.25. The normalized spacial score (nSPS) is 12.7. The molecule has 2 N–H and O–H groups in total. The van der Waals surface area contributed by atoms with Crippen molar-refractivity contribution in [3.63, 3.8) is 0 Å². The number of hydrogen-bond acceptors (Lipinski definition) is 3. The van der Waals surface area contributed by atoms with Crippen LogP contribution in [0.1, 0.15) is 17.2 Å². The van der Waals surface area contributed by atoms with Gasteiger partial charge in [-0.2, -0.15) is 0 Å². The van der Waals surface area contributed by atoms with Crippen molar-refractivity contribution in [2.45, 2.75) is 12.5 Å². The van der Waals surface area contributed by atoms with Gasteiger partial charge in [-0.05, 0) is 46.5 Å². The summed E-state index contributed by atoms with van der Waals surface area (Å²) in [6.45, 7) is 0. The van der Waals surface area contributed by atoms with E-state index in [0.717, 1.165) is 12.0 Å².